The Hall–Kier alpha value is -6.94. The first-order valence-corrected chi connectivity index (χ1v) is 19.9. The molecule has 8 aromatic carbocycles. The molecule has 0 atom stereocenters. The number of rotatable bonds is 6. The largest absolute Gasteiger partial charge is 0.228 e. The molecule has 0 N–H and O–H groups in total. The first-order chi connectivity index (χ1) is 27.8. The molecule has 56 heavy (non-hydrogen) atoms. The van der Waals surface area contributed by atoms with Gasteiger partial charge in [-0.2, -0.15) is 0 Å². The van der Waals surface area contributed by atoms with Gasteiger partial charge in [0.1, 0.15) is 0 Å². The zero-order chi connectivity index (χ0) is 37.1. The Labute approximate surface area is 330 Å². The molecule has 0 aliphatic heterocycles. The molecule has 0 fully saturated rings. The predicted molar refractivity (Wildman–Crippen MR) is 234 cm³/mol. The van der Waals surface area contributed by atoms with Gasteiger partial charge in [0.15, 0.2) is 5.82 Å². The Morgan fingerprint density at radius 2 is 0.929 bits per heavy atom. The van der Waals surface area contributed by atoms with Crippen molar-refractivity contribution in [2.24, 2.45) is 0 Å². The number of hydrogen-bond donors (Lipinski definition) is 0. The lowest BCUT2D eigenvalue weighted by Crippen LogP contribution is -2.28. The third-order valence-corrected chi connectivity index (χ3v) is 12.6. The zero-order valence-corrected chi connectivity index (χ0v) is 31.2. The molecule has 11 rings (SSSR count). The second-order valence-corrected chi connectivity index (χ2v) is 15.5. The highest BCUT2D eigenvalue weighted by Crippen LogP contribution is 2.58. The fraction of sp³-hybridized carbons (Fsp3) is 0.0189. The molecule has 0 spiro atoms. The van der Waals surface area contributed by atoms with E-state index in [0.717, 1.165) is 33.6 Å². The second-order valence-electron chi connectivity index (χ2n) is 14.4. The van der Waals surface area contributed by atoms with Crippen molar-refractivity contribution in [1.29, 1.82) is 0 Å². The smallest absolute Gasteiger partial charge is 0.160 e. The number of aromatic nitrogens is 2. The Morgan fingerprint density at radius 1 is 0.357 bits per heavy atom. The van der Waals surface area contributed by atoms with E-state index in [-0.39, 0.29) is 0 Å². The Bertz CT molecular complexity index is 3040. The van der Waals surface area contributed by atoms with Gasteiger partial charge in [0.2, 0.25) is 0 Å². The molecular formula is C53H34N2S. The van der Waals surface area contributed by atoms with Crippen molar-refractivity contribution in [2.45, 2.75) is 5.41 Å². The molecule has 0 unspecified atom stereocenters. The molecule has 1 aliphatic carbocycles. The Kier molecular flexibility index (Phi) is 7.61. The minimum Gasteiger partial charge on any atom is -0.228 e. The van der Waals surface area contributed by atoms with Gasteiger partial charge in [0.05, 0.1) is 16.8 Å². The van der Waals surface area contributed by atoms with Gasteiger partial charge in [-0.25, -0.2) is 9.97 Å². The van der Waals surface area contributed by atoms with E-state index >= 15 is 0 Å². The second kappa shape index (κ2) is 13.1. The summed E-state index contributed by atoms with van der Waals surface area (Å²) < 4.78 is 2.57. The summed E-state index contributed by atoms with van der Waals surface area (Å²) in [5.41, 5.74) is 14.4. The maximum absolute atomic E-state index is 5.34. The van der Waals surface area contributed by atoms with Crippen LogP contribution in [0.1, 0.15) is 22.3 Å². The van der Waals surface area contributed by atoms with Gasteiger partial charge in [0.25, 0.3) is 0 Å². The molecular weight excluding hydrogens is 697 g/mol. The fourth-order valence-corrected chi connectivity index (χ4v) is 10.1. The van der Waals surface area contributed by atoms with Crippen molar-refractivity contribution in [3.05, 3.63) is 229 Å². The van der Waals surface area contributed by atoms with Crippen molar-refractivity contribution < 1.29 is 0 Å². The average Bonchev–Trinajstić information content (AvgIpc) is 3.81. The molecule has 2 nitrogen and oxygen atoms in total. The van der Waals surface area contributed by atoms with Crippen LogP contribution >= 0.6 is 11.3 Å². The van der Waals surface area contributed by atoms with E-state index < -0.39 is 5.41 Å². The quantitative estimate of drug-likeness (QED) is 0.170. The van der Waals surface area contributed by atoms with E-state index in [1.54, 1.807) is 0 Å². The predicted octanol–water partition coefficient (Wildman–Crippen LogP) is 13.9. The van der Waals surface area contributed by atoms with Gasteiger partial charge in [-0.3, -0.25) is 0 Å². The van der Waals surface area contributed by atoms with Crippen molar-refractivity contribution in [2.75, 3.05) is 0 Å². The van der Waals surface area contributed by atoms with E-state index in [1.807, 2.05) is 17.4 Å². The fourth-order valence-electron chi connectivity index (χ4n) is 8.99. The maximum Gasteiger partial charge on any atom is 0.160 e. The van der Waals surface area contributed by atoms with E-state index in [0.29, 0.717) is 5.82 Å². The number of thiophene rings is 1. The summed E-state index contributed by atoms with van der Waals surface area (Å²) in [5.74, 6) is 0.707. The van der Waals surface area contributed by atoms with Gasteiger partial charge >= 0.3 is 0 Å². The average molecular weight is 731 g/mol. The van der Waals surface area contributed by atoms with E-state index in [9.17, 15) is 0 Å². The van der Waals surface area contributed by atoms with Gasteiger partial charge in [0, 0.05) is 36.9 Å². The number of fused-ring (bicyclic) bond motifs is 6. The van der Waals surface area contributed by atoms with Crippen molar-refractivity contribution in [3.63, 3.8) is 0 Å². The van der Waals surface area contributed by atoms with Crippen LogP contribution in [0, 0.1) is 0 Å². The molecule has 0 amide bonds. The zero-order valence-electron chi connectivity index (χ0n) is 30.4. The van der Waals surface area contributed by atoms with Crippen molar-refractivity contribution in [1.82, 2.24) is 9.97 Å². The molecule has 0 radical (unpaired) electrons. The van der Waals surface area contributed by atoms with Crippen molar-refractivity contribution >= 4 is 31.5 Å². The monoisotopic (exact) mass is 730 g/mol. The normalized spacial score (nSPS) is 12.8. The Morgan fingerprint density at radius 3 is 1.70 bits per heavy atom. The minimum atomic E-state index is -0.480. The summed E-state index contributed by atoms with van der Waals surface area (Å²) >= 11 is 1.83. The highest BCUT2D eigenvalue weighted by atomic mass is 32.1. The van der Waals surface area contributed by atoms with E-state index in [2.05, 4.69) is 200 Å². The van der Waals surface area contributed by atoms with Gasteiger partial charge in [-0.15, -0.1) is 11.3 Å². The van der Waals surface area contributed by atoms with E-state index in [1.165, 1.54) is 59.1 Å². The van der Waals surface area contributed by atoms with Crippen LogP contribution in [0.2, 0.25) is 0 Å². The molecule has 1 aliphatic rings. The topological polar surface area (TPSA) is 25.8 Å². The molecule has 0 saturated carbocycles. The van der Waals surface area contributed by atoms with Crippen LogP contribution in [0.5, 0.6) is 0 Å². The molecule has 2 heterocycles. The number of benzene rings is 8. The van der Waals surface area contributed by atoms with Crippen LogP contribution < -0.4 is 0 Å². The number of hydrogen-bond acceptors (Lipinski definition) is 3. The molecule has 10 aromatic rings. The summed E-state index contributed by atoms with van der Waals surface area (Å²) in [6.45, 7) is 0. The summed E-state index contributed by atoms with van der Waals surface area (Å²) in [6, 6.07) is 74.5. The maximum atomic E-state index is 5.34. The van der Waals surface area contributed by atoms with Crippen LogP contribution in [0.3, 0.4) is 0 Å². The molecule has 262 valence electrons. The first kappa shape index (κ1) is 32.5. The van der Waals surface area contributed by atoms with Crippen molar-refractivity contribution in [3.8, 4) is 56.2 Å². The third-order valence-electron chi connectivity index (χ3n) is 11.4. The SMILES string of the molecule is c1ccc(-c2nc(-c3ccc4sc5ccccc5c4c3)cc(-c3ccccc3-c3cccc4c3-c3ccccc3C4(c3ccccc3)c3ccccc3)n2)cc1. The summed E-state index contributed by atoms with van der Waals surface area (Å²) in [5, 5.41) is 2.53. The van der Waals surface area contributed by atoms with Crippen LogP contribution in [-0.4, -0.2) is 9.97 Å². The minimum absolute atomic E-state index is 0.480. The van der Waals surface area contributed by atoms with Crippen LogP contribution in [-0.2, 0) is 5.41 Å². The molecule has 2 aromatic heterocycles. The highest BCUT2D eigenvalue weighted by molar-refractivity contribution is 7.25. The summed E-state index contributed by atoms with van der Waals surface area (Å²) in [7, 11) is 0. The lowest BCUT2D eigenvalue weighted by molar-refractivity contribution is 0.768. The van der Waals surface area contributed by atoms with Gasteiger partial charge in [-0.1, -0.05) is 182 Å². The van der Waals surface area contributed by atoms with E-state index in [4.69, 9.17) is 9.97 Å². The Balaban J connectivity index is 1.15. The standard InChI is InChI=1S/C53H34N2S/c1-4-17-35(18-5-1)52-54-47(36-31-32-50-44(33-36)41-25-13-15-30-49(41)56-50)34-48(55-52)40-24-11-10-23-39(40)42-27-16-29-46-51(42)43-26-12-14-28-45(43)53(46,37-19-6-2-7-20-37)38-21-8-3-9-22-38/h1-34H. The lowest BCUT2D eigenvalue weighted by atomic mass is 9.67. The lowest BCUT2D eigenvalue weighted by Gasteiger charge is -2.34. The molecule has 0 saturated heterocycles. The van der Waals surface area contributed by atoms with Gasteiger partial charge < -0.3 is 0 Å². The first-order valence-electron chi connectivity index (χ1n) is 19.1. The van der Waals surface area contributed by atoms with Crippen LogP contribution in [0.25, 0.3) is 76.3 Å². The molecule has 0 bridgehead atoms. The highest BCUT2D eigenvalue weighted by Gasteiger charge is 2.46. The third kappa shape index (κ3) is 5.02. The van der Waals surface area contributed by atoms with Crippen LogP contribution in [0.4, 0.5) is 0 Å². The number of nitrogens with zero attached hydrogens (tertiary/aromatic N) is 2. The molecule has 3 heteroatoms. The summed E-state index contributed by atoms with van der Waals surface area (Å²) in [4.78, 5) is 10.6. The van der Waals surface area contributed by atoms with Crippen LogP contribution in [0.15, 0.2) is 206 Å². The summed E-state index contributed by atoms with van der Waals surface area (Å²) in [6.07, 6.45) is 0. The van der Waals surface area contributed by atoms with Gasteiger partial charge in [-0.05, 0) is 68.8 Å².